The van der Waals surface area contributed by atoms with Crippen molar-refractivity contribution >= 4 is 5.97 Å². The third kappa shape index (κ3) is 2.46. The normalized spacial score (nSPS) is 44.3. The van der Waals surface area contributed by atoms with Crippen molar-refractivity contribution in [3.05, 3.63) is 22.3 Å². The predicted octanol–water partition coefficient (Wildman–Crippen LogP) is 2.16. The van der Waals surface area contributed by atoms with E-state index in [0.717, 1.165) is 55.5 Å². The molecule has 5 rings (SSSR count). The van der Waals surface area contributed by atoms with E-state index >= 15 is 0 Å². The van der Waals surface area contributed by atoms with Crippen LogP contribution in [0.15, 0.2) is 22.3 Å². The van der Waals surface area contributed by atoms with E-state index in [1.807, 2.05) is 6.92 Å². The number of allylic oxidation sites excluding steroid dienone is 1. The third-order valence-electron chi connectivity index (χ3n) is 8.85. The highest BCUT2D eigenvalue weighted by atomic mass is 16.6. The zero-order valence-electron chi connectivity index (χ0n) is 17.8. The van der Waals surface area contributed by atoms with E-state index in [0.29, 0.717) is 25.9 Å². The lowest BCUT2D eigenvalue weighted by Gasteiger charge is -2.61. The number of carbonyl (C=O) groups excluding carboxylic acids is 1. The van der Waals surface area contributed by atoms with Gasteiger partial charge < -0.3 is 24.6 Å². The Morgan fingerprint density at radius 2 is 2.14 bits per heavy atom. The van der Waals surface area contributed by atoms with Crippen molar-refractivity contribution in [3.63, 3.8) is 0 Å². The van der Waals surface area contributed by atoms with Crippen molar-refractivity contribution < 1.29 is 24.5 Å². The van der Waals surface area contributed by atoms with Gasteiger partial charge in [0, 0.05) is 35.9 Å². The van der Waals surface area contributed by atoms with E-state index in [4.69, 9.17) is 9.47 Å². The van der Waals surface area contributed by atoms with E-state index < -0.39 is 11.9 Å². The van der Waals surface area contributed by atoms with Gasteiger partial charge >= 0.3 is 5.97 Å². The Morgan fingerprint density at radius 3 is 2.79 bits per heavy atom. The lowest BCUT2D eigenvalue weighted by Crippen LogP contribution is -2.64. The molecular formula is C23H33NO5. The number of hydrogen-bond acceptors (Lipinski definition) is 6. The molecule has 6 heteroatoms. The Bertz CT molecular complexity index is 806. The van der Waals surface area contributed by atoms with Gasteiger partial charge in [0.25, 0.3) is 0 Å². The number of esters is 1. The molecule has 160 valence electrons. The summed E-state index contributed by atoms with van der Waals surface area (Å²) in [6.07, 6.45) is 4.64. The maximum absolute atomic E-state index is 12.7. The van der Waals surface area contributed by atoms with Crippen LogP contribution in [-0.2, 0) is 14.3 Å². The van der Waals surface area contributed by atoms with Crippen LogP contribution in [0.2, 0.25) is 0 Å². The van der Waals surface area contributed by atoms with Crippen LogP contribution in [0.5, 0.6) is 0 Å². The highest BCUT2D eigenvalue weighted by molar-refractivity contribution is 5.92. The number of ether oxygens (including phenoxy) is 2. The summed E-state index contributed by atoms with van der Waals surface area (Å²) in [5.74, 6) is -1.02. The molecule has 2 fully saturated rings. The molecule has 0 unspecified atom stereocenters. The molecule has 3 aliphatic carbocycles. The number of carbonyl (C=O) groups is 1. The van der Waals surface area contributed by atoms with Gasteiger partial charge in [-0.1, -0.05) is 6.92 Å². The van der Waals surface area contributed by atoms with E-state index in [9.17, 15) is 15.0 Å². The van der Waals surface area contributed by atoms with Crippen molar-refractivity contribution in [3.8, 4) is 0 Å². The maximum atomic E-state index is 12.7. The first-order chi connectivity index (χ1) is 13.8. The lowest BCUT2D eigenvalue weighted by atomic mass is 9.50. The minimum Gasteiger partial charge on any atom is -0.466 e. The highest BCUT2D eigenvalue weighted by Gasteiger charge is 2.67. The summed E-state index contributed by atoms with van der Waals surface area (Å²) in [6, 6.07) is 0. The highest BCUT2D eigenvalue weighted by Crippen LogP contribution is 2.70. The van der Waals surface area contributed by atoms with E-state index in [1.54, 1.807) is 0 Å². The Morgan fingerprint density at radius 1 is 1.34 bits per heavy atom. The molecule has 5 atom stereocenters. The standard InChI is InChI=1S/C23H33NO5/c1-4-23(27)8-7-21(13-29-23)14-9-18(25)16-6-5-15-17(20(26)28-3)10-22(21,19(15)16)12-24(2)11-14/h14,18,25,27H,4-13H2,1-3H3/t14-,18-,21+,22-,23+/m1/s1. The number of aliphatic hydroxyl groups excluding tert-OH is 1. The molecule has 2 spiro atoms. The summed E-state index contributed by atoms with van der Waals surface area (Å²) in [5.41, 5.74) is 3.89. The van der Waals surface area contributed by atoms with Crippen LogP contribution < -0.4 is 0 Å². The molecule has 0 aromatic carbocycles. The smallest absolute Gasteiger partial charge is 0.334 e. The Balaban J connectivity index is 1.69. The van der Waals surface area contributed by atoms with Crippen LogP contribution >= 0.6 is 0 Å². The van der Waals surface area contributed by atoms with Crippen molar-refractivity contribution in [2.45, 2.75) is 63.8 Å². The number of aliphatic hydroxyl groups is 2. The summed E-state index contributed by atoms with van der Waals surface area (Å²) in [7, 11) is 3.61. The van der Waals surface area contributed by atoms with Gasteiger partial charge in [0.1, 0.15) is 0 Å². The molecule has 2 N–H and O–H groups in total. The monoisotopic (exact) mass is 403 g/mol. The Hall–Kier alpha value is -1.21. The number of hydrogen-bond donors (Lipinski definition) is 2. The molecule has 0 amide bonds. The summed E-state index contributed by atoms with van der Waals surface area (Å²) in [6.45, 7) is 4.22. The third-order valence-corrected chi connectivity index (χ3v) is 8.85. The molecule has 2 aliphatic heterocycles. The topological polar surface area (TPSA) is 79.2 Å². The molecule has 0 radical (unpaired) electrons. The lowest BCUT2D eigenvalue weighted by molar-refractivity contribution is -0.284. The Labute approximate surface area is 172 Å². The fraction of sp³-hybridized carbons (Fsp3) is 0.783. The van der Waals surface area contributed by atoms with Gasteiger partial charge in [0.2, 0.25) is 0 Å². The molecule has 2 bridgehead atoms. The Kier molecular flexibility index (Phi) is 4.35. The zero-order chi connectivity index (χ0) is 20.6. The quantitative estimate of drug-likeness (QED) is 0.688. The second-order valence-corrected chi connectivity index (χ2v) is 10.00. The first-order valence-corrected chi connectivity index (χ1v) is 11.1. The van der Waals surface area contributed by atoms with E-state index in [1.165, 1.54) is 12.7 Å². The molecule has 29 heavy (non-hydrogen) atoms. The van der Waals surface area contributed by atoms with Crippen molar-refractivity contribution in [1.82, 2.24) is 4.90 Å². The largest absolute Gasteiger partial charge is 0.466 e. The molecular weight excluding hydrogens is 370 g/mol. The number of rotatable bonds is 2. The van der Waals surface area contributed by atoms with Crippen LogP contribution in [0.3, 0.4) is 0 Å². The number of likely N-dealkylation sites (tertiary alicyclic amines) is 1. The van der Waals surface area contributed by atoms with Crippen molar-refractivity contribution in [2.75, 3.05) is 33.9 Å². The predicted molar refractivity (Wildman–Crippen MR) is 107 cm³/mol. The summed E-state index contributed by atoms with van der Waals surface area (Å²) >= 11 is 0. The van der Waals surface area contributed by atoms with Gasteiger partial charge in [-0.15, -0.1) is 0 Å². The minimum atomic E-state index is -1.06. The molecule has 0 aromatic heterocycles. The first-order valence-electron chi connectivity index (χ1n) is 11.1. The fourth-order valence-electron chi connectivity index (χ4n) is 7.45. The number of piperidine rings is 1. The van der Waals surface area contributed by atoms with Crippen LogP contribution in [0, 0.1) is 16.7 Å². The first kappa shape index (κ1) is 19.7. The second kappa shape index (κ2) is 6.39. The molecule has 2 heterocycles. The van der Waals surface area contributed by atoms with Gasteiger partial charge in [0.15, 0.2) is 5.79 Å². The van der Waals surface area contributed by atoms with Gasteiger partial charge in [-0.2, -0.15) is 0 Å². The maximum Gasteiger partial charge on any atom is 0.334 e. The second-order valence-electron chi connectivity index (χ2n) is 10.00. The van der Waals surface area contributed by atoms with E-state index in [2.05, 4.69) is 11.9 Å². The van der Waals surface area contributed by atoms with Gasteiger partial charge in [-0.05, 0) is 68.2 Å². The van der Waals surface area contributed by atoms with Crippen molar-refractivity contribution in [1.29, 1.82) is 0 Å². The zero-order valence-corrected chi connectivity index (χ0v) is 17.8. The summed E-state index contributed by atoms with van der Waals surface area (Å²) in [5, 5.41) is 22.0. The van der Waals surface area contributed by atoms with E-state index in [-0.39, 0.29) is 22.7 Å². The van der Waals surface area contributed by atoms with Crippen LogP contribution in [0.1, 0.15) is 51.9 Å². The van der Waals surface area contributed by atoms with Crippen LogP contribution in [-0.4, -0.2) is 66.8 Å². The number of methoxy groups -OCH3 is 1. The molecule has 6 nitrogen and oxygen atoms in total. The van der Waals surface area contributed by atoms with Gasteiger partial charge in [0.05, 0.1) is 19.8 Å². The molecule has 0 aromatic rings. The molecule has 5 aliphatic rings. The van der Waals surface area contributed by atoms with Gasteiger partial charge in [-0.25, -0.2) is 4.79 Å². The average Bonchev–Trinajstić information content (AvgIpc) is 3.26. The average molecular weight is 404 g/mol. The van der Waals surface area contributed by atoms with Gasteiger partial charge in [-0.3, -0.25) is 0 Å². The number of nitrogens with zero attached hydrogens (tertiary/aromatic N) is 1. The minimum absolute atomic E-state index is 0.176. The fourth-order valence-corrected chi connectivity index (χ4v) is 7.45. The molecule has 0 saturated carbocycles. The van der Waals surface area contributed by atoms with Crippen LogP contribution in [0.4, 0.5) is 0 Å². The van der Waals surface area contributed by atoms with Crippen LogP contribution in [0.25, 0.3) is 0 Å². The summed E-state index contributed by atoms with van der Waals surface area (Å²) < 4.78 is 11.4. The van der Waals surface area contributed by atoms with Crippen molar-refractivity contribution in [2.24, 2.45) is 16.7 Å². The summed E-state index contributed by atoms with van der Waals surface area (Å²) in [4.78, 5) is 15.1. The SMILES string of the molecule is CC[C@@]1(O)CC[C@]2(CO1)[C@@H]1C[C@@H](O)C3=C4C(=C(C(=O)OC)C[C@@]42CN(C)C1)CC3. The molecule has 2 saturated heterocycles.